The molecule has 1 N–H and O–H groups in total. The molecule has 0 bridgehead atoms. The molecule has 2 heterocycles. The van der Waals surface area contributed by atoms with Gasteiger partial charge in [-0.2, -0.15) is 0 Å². The van der Waals surface area contributed by atoms with Gasteiger partial charge in [-0.25, -0.2) is 8.93 Å². The maximum Gasteiger partial charge on any atom is 0.229 e. The van der Waals surface area contributed by atoms with Gasteiger partial charge in [-0.1, -0.05) is 86.4 Å². The van der Waals surface area contributed by atoms with Crippen LogP contribution in [0, 0.1) is 11.3 Å². The van der Waals surface area contributed by atoms with Gasteiger partial charge < -0.3 is 4.90 Å². The largest absolute Gasteiger partial charge is 0.331 e. The highest BCUT2D eigenvalue weighted by molar-refractivity contribution is 7.82. The van der Waals surface area contributed by atoms with E-state index in [1.807, 2.05) is 86.7 Å². The molecule has 1 saturated carbocycles. The first-order valence-electron chi connectivity index (χ1n) is 14.7. The zero-order valence-corrected chi connectivity index (χ0v) is 27.2. The van der Waals surface area contributed by atoms with E-state index in [1.165, 1.54) is 0 Å². The number of aromatic nitrogens is 1. The maximum atomic E-state index is 13.9. The molecule has 2 aromatic carbocycles. The first-order valence-corrected chi connectivity index (χ1v) is 16.8. The summed E-state index contributed by atoms with van der Waals surface area (Å²) in [6.45, 7) is 10.5. The highest BCUT2D eigenvalue weighted by atomic mass is 35.5. The van der Waals surface area contributed by atoms with Crippen molar-refractivity contribution in [2.45, 2.75) is 70.7 Å². The van der Waals surface area contributed by atoms with Crippen LogP contribution >= 0.6 is 23.2 Å². The first-order chi connectivity index (χ1) is 20.3. The first kappa shape index (κ1) is 34.0. The van der Waals surface area contributed by atoms with Crippen molar-refractivity contribution in [3.05, 3.63) is 113 Å². The van der Waals surface area contributed by atoms with E-state index < -0.39 is 16.4 Å². The molecule has 5 rings (SSSR count). The number of allylic oxidation sites excluding steroid dienone is 1. The van der Waals surface area contributed by atoms with Crippen molar-refractivity contribution in [3.63, 3.8) is 0 Å². The van der Waals surface area contributed by atoms with E-state index in [0.29, 0.717) is 29.7 Å². The van der Waals surface area contributed by atoms with Crippen molar-refractivity contribution < 1.29 is 9.00 Å². The average Bonchev–Trinajstić information content (AvgIpc) is 3.84. The molecule has 3 aromatic rings. The van der Waals surface area contributed by atoms with E-state index in [4.69, 9.17) is 23.2 Å². The van der Waals surface area contributed by atoms with Gasteiger partial charge in [0.15, 0.2) is 0 Å². The number of benzene rings is 2. The van der Waals surface area contributed by atoms with Crippen LogP contribution < -0.4 is 4.72 Å². The van der Waals surface area contributed by atoms with E-state index in [2.05, 4.69) is 28.1 Å². The van der Waals surface area contributed by atoms with Crippen LogP contribution in [0.15, 0.2) is 91.8 Å². The quantitative estimate of drug-likeness (QED) is 0.229. The molecule has 2 fully saturated rings. The Balaban J connectivity index is 0.000000465. The summed E-state index contributed by atoms with van der Waals surface area (Å²) >= 11 is 11.7. The second-order valence-electron chi connectivity index (χ2n) is 10.8. The predicted octanol–water partition coefficient (Wildman–Crippen LogP) is 8.58. The van der Waals surface area contributed by atoms with Gasteiger partial charge in [-0.3, -0.25) is 9.78 Å². The summed E-state index contributed by atoms with van der Waals surface area (Å²) in [5.74, 6) is 0.997. The Labute approximate surface area is 264 Å². The van der Waals surface area contributed by atoms with Crippen LogP contribution in [0.1, 0.15) is 70.0 Å². The standard InChI is InChI=1S/C26H32ClN3O2S.C6H5Cl.C2H6/c1-3-13-26(2)14-12-23(20-8-10-22(27)11-9-20)30(25(26)31)24(21-6-7-21)17-29-33(32)18-19-5-4-15-28-16-19;7-6-4-2-1-3-5-6;1-2/h3-5,8-11,15-16,21,23-24,29H,1,6-7,12-14,17-18H2,2H3;1-5H;1-2H3/t23-,24?,26-,33?;;/m0../s1. The van der Waals surface area contributed by atoms with Gasteiger partial charge in [0, 0.05) is 35.0 Å². The second-order valence-corrected chi connectivity index (χ2v) is 12.9. The number of halogens is 2. The van der Waals surface area contributed by atoms with Gasteiger partial charge in [0.25, 0.3) is 0 Å². The number of nitrogens with zero attached hydrogens (tertiary/aromatic N) is 2. The molecule has 8 heteroatoms. The number of nitrogens with one attached hydrogen (secondary N) is 1. The number of hydrogen-bond acceptors (Lipinski definition) is 3. The smallest absolute Gasteiger partial charge is 0.229 e. The number of amides is 1. The van der Waals surface area contributed by atoms with Crippen molar-refractivity contribution in [2.24, 2.45) is 11.3 Å². The van der Waals surface area contributed by atoms with Gasteiger partial charge in [0.05, 0.1) is 28.2 Å². The fourth-order valence-corrected chi connectivity index (χ4v) is 6.51. The lowest BCUT2D eigenvalue weighted by Crippen LogP contribution is -2.56. The molecular formula is C34H43Cl2N3O2S. The number of piperidine rings is 1. The van der Waals surface area contributed by atoms with Crippen molar-refractivity contribution >= 4 is 40.1 Å². The zero-order valence-electron chi connectivity index (χ0n) is 24.8. The highest BCUT2D eigenvalue weighted by Gasteiger charge is 2.49. The molecule has 1 aliphatic heterocycles. The van der Waals surface area contributed by atoms with E-state index in [0.717, 1.165) is 41.8 Å². The molecule has 1 aromatic heterocycles. The Hall–Kier alpha value is -2.51. The number of rotatable bonds is 10. The van der Waals surface area contributed by atoms with Crippen LogP contribution in [-0.4, -0.2) is 32.6 Å². The molecule has 1 saturated heterocycles. The van der Waals surface area contributed by atoms with Crippen LogP contribution in [0.4, 0.5) is 0 Å². The van der Waals surface area contributed by atoms with Gasteiger partial charge in [0.2, 0.25) is 5.91 Å². The van der Waals surface area contributed by atoms with E-state index in [9.17, 15) is 9.00 Å². The Bertz CT molecular complexity index is 1270. The monoisotopic (exact) mass is 627 g/mol. The summed E-state index contributed by atoms with van der Waals surface area (Å²) < 4.78 is 16.0. The molecular weight excluding hydrogens is 585 g/mol. The van der Waals surface area contributed by atoms with Gasteiger partial charge in [-0.15, -0.1) is 6.58 Å². The Morgan fingerprint density at radius 1 is 1.05 bits per heavy atom. The topological polar surface area (TPSA) is 62.3 Å². The molecule has 2 aliphatic rings. The summed E-state index contributed by atoms with van der Waals surface area (Å²) in [5, 5.41) is 1.48. The summed E-state index contributed by atoms with van der Waals surface area (Å²) in [5.41, 5.74) is 1.58. The molecule has 1 aliphatic carbocycles. The predicted molar refractivity (Wildman–Crippen MR) is 177 cm³/mol. The Morgan fingerprint density at radius 2 is 1.71 bits per heavy atom. The number of carbonyl (C=O) groups excluding carboxylic acids is 1. The third-order valence-electron chi connectivity index (χ3n) is 7.64. The van der Waals surface area contributed by atoms with Crippen molar-refractivity contribution in [2.75, 3.05) is 6.54 Å². The van der Waals surface area contributed by atoms with Crippen LogP contribution in [0.2, 0.25) is 10.0 Å². The molecule has 226 valence electrons. The molecule has 42 heavy (non-hydrogen) atoms. The van der Waals surface area contributed by atoms with Gasteiger partial charge in [0.1, 0.15) is 0 Å². The lowest BCUT2D eigenvalue weighted by molar-refractivity contribution is -0.153. The SMILES string of the molecule is C=CC[C@@]1(C)CC[C@@H](c2ccc(Cl)cc2)N(C(CNS(=O)Cc2cccnc2)C2CC2)C1=O.CC.Clc1ccccc1. The molecule has 0 spiro atoms. The lowest BCUT2D eigenvalue weighted by Gasteiger charge is -2.48. The van der Waals surface area contributed by atoms with Crippen molar-refractivity contribution in [3.8, 4) is 0 Å². The molecule has 1 amide bonds. The fourth-order valence-electron chi connectivity index (χ4n) is 5.31. The fraction of sp³-hybridized carbons (Fsp3) is 0.412. The number of likely N-dealkylation sites (tertiary alicyclic amines) is 1. The normalized spacial score (nSPS) is 21.2. The molecule has 4 atom stereocenters. The number of hydrogen-bond donors (Lipinski definition) is 1. The average molecular weight is 629 g/mol. The molecule has 2 unspecified atom stereocenters. The Kier molecular flexibility index (Phi) is 13.7. The van der Waals surface area contributed by atoms with E-state index in [-0.39, 0.29) is 18.0 Å². The van der Waals surface area contributed by atoms with Crippen LogP contribution in [-0.2, 0) is 21.5 Å². The summed E-state index contributed by atoms with van der Waals surface area (Å²) in [7, 11) is -1.24. The minimum atomic E-state index is -1.24. The number of pyridine rings is 1. The minimum absolute atomic E-state index is 0.000432. The summed E-state index contributed by atoms with van der Waals surface area (Å²) in [4.78, 5) is 20.1. The van der Waals surface area contributed by atoms with E-state index >= 15 is 0 Å². The van der Waals surface area contributed by atoms with Crippen molar-refractivity contribution in [1.29, 1.82) is 0 Å². The summed E-state index contributed by atoms with van der Waals surface area (Å²) in [6, 6.07) is 21.1. The highest BCUT2D eigenvalue weighted by Crippen LogP contribution is 2.47. The third kappa shape index (κ3) is 9.77. The third-order valence-corrected chi connectivity index (χ3v) is 9.22. The molecule has 0 radical (unpaired) electrons. The summed E-state index contributed by atoms with van der Waals surface area (Å²) in [6.07, 6.45) is 9.86. The van der Waals surface area contributed by atoms with Gasteiger partial charge >= 0.3 is 0 Å². The van der Waals surface area contributed by atoms with Crippen molar-refractivity contribution in [1.82, 2.24) is 14.6 Å². The van der Waals surface area contributed by atoms with Crippen LogP contribution in [0.3, 0.4) is 0 Å². The molecule has 5 nitrogen and oxygen atoms in total. The van der Waals surface area contributed by atoms with Crippen LogP contribution in [0.5, 0.6) is 0 Å². The maximum absolute atomic E-state index is 13.9. The second kappa shape index (κ2) is 17.0. The zero-order chi connectivity index (χ0) is 30.5. The van der Waals surface area contributed by atoms with E-state index in [1.54, 1.807) is 12.4 Å². The van der Waals surface area contributed by atoms with Gasteiger partial charge in [-0.05, 0) is 79.5 Å². The lowest BCUT2D eigenvalue weighted by atomic mass is 9.74. The minimum Gasteiger partial charge on any atom is -0.331 e. The van der Waals surface area contributed by atoms with Crippen LogP contribution in [0.25, 0.3) is 0 Å². The Morgan fingerprint density at radius 3 is 2.26 bits per heavy atom. The number of carbonyl (C=O) groups is 1.